The Morgan fingerprint density at radius 2 is 2.47 bits per heavy atom. The monoisotopic (exact) mass is 250 g/mol. The molecule has 92 valence electrons. The number of fused-ring (bicyclic) bond motifs is 2. The van der Waals surface area contributed by atoms with E-state index in [1.807, 2.05) is 6.07 Å². The molecule has 3 nitrogen and oxygen atoms in total. The predicted octanol–water partition coefficient (Wildman–Crippen LogP) is 1.88. The van der Waals surface area contributed by atoms with Crippen LogP contribution in [0.2, 0.25) is 0 Å². The summed E-state index contributed by atoms with van der Waals surface area (Å²) in [5, 5.41) is 5.53. The third-order valence-electron chi connectivity index (χ3n) is 4.45. The number of hydrogen-bond acceptors (Lipinski definition) is 3. The molecule has 2 aliphatic carbocycles. The van der Waals surface area contributed by atoms with Crippen molar-refractivity contribution < 1.29 is 4.79 Å². The lowest BCUT2D eigenvalue weighted by Crippen LogP contribution is -2.58. The first kappa shape index (κ1) is 11.2. The van der Waals surface area contributed by atoms with Crippen LogP contribution in [0.3, 0.4) is 0 Å². The van der Waals surface area contributed by atoms with E-state index in [0.29, 0.717) is 11.8 Å². The predicted molar refractivity (Wildman–Crippen MR) is 68.5 cm³/mol. The maximum atomic E-state index is 11.8. The molecule has 4 heteroatoms. The van der Waals surface area contributed by atoms with Gasteiger partial charge in [0.25, 0.3) is 0 Å². The molecule has 1 aromatic heterocycles. The summed E-state index contributed by atoms with van der Waals surface area (Å²) in [5.41, 5.74) is 5.24. The second-order valence-corrected chi connectivity index (χ2v) is 6.38. The molecule has 0 aromatic carbocycles. The van der Waals surface area contributed by atoms with Crippen LogP contribution in [0, 0.1) is 11.8 Å². The molecule has 0 aliphatic heterocycles. The van der Waals surface area contributed by atoms with E-state index < -0.39 is 5.54 Å². The maximum absolute atomic E-state index is 11.8. The molecule has 2 saturated carbocycles. The zero-order valence-electron chi connectivity index (χ0n) is 9.82. The van der Waals surface area contributed by atoms with E-state index >= 15 is 0 Å². The molecule has 1 amide bonds. The van der Waals surface area contributed by atoms with Crippen molar-refractivity contribution in [1.29, 1.82) is 0 Å². The Hall–Kier alpha value is -0.870. The molecule has 2 bridgehead atoms. The number of primary amides is 1. The lowest BCUT2D eigenvalue weighted by molar-refractivity contribution is -0.126. The Balaban J connectivity index is 1.75. The number of carbonyl (C=O) groups excluding carboxylic acids is 1. The van der Waals surface area contributed by atoms with Crippen LogP contribution >= 0.6 is 11.3 Å². The van der Waals surface area contributed by atoms with Crippen molar-refractivity contribution in [2.45, 2.75) is 37.8 Å². The van der Waals surface area contributed by atoms with Gasteiger partial charge in [0.2, 0.25) is 5.91 Å². The molecule has 0 radical (unpaired) electrons. The topological polar surface area (TPSA) is 55.1 Å². The standard InChI is InChI=1S/C13H18N2OS/c14-12(16)13(7-9-3-4-10(13)6-9)15-8-11-2-1-5-17-11/h1-2,5,9-10,15H,3-4,6-8H2,(H2,14,16). The van der Waals surface area contributed by atoms with Gasteiger partial charge < -0.3 is 5.73 Å². The fraction of sp³-hybridized carbons (Fsp3) is 0.615. The molecular formula is C13H18N2OS. The van der Waals surface area contributed by atoms with Gasteiger partial charge in [-0.2, -0.15) is 0 Å². The van der Waals surface area contributed by atoms with Crippen LogP contribution in [0.15, 0.2) is 17.5 Å². The summed E-state index contributed by atoms with van der Waals surface area (Å²) < 4.78 is 0. The summed E-state index contributed by atoms with van der Waals surface area (Å²) in [6.07, 6.45) is 4.56. The molecule has 3 N–H and O–H groups in total. The summed E-state index contributed by atoms with van der Waals surface area (Å²) >= 11 is 1.72. The first-order chi connectivity index (χ1) is 8.21. The van der Waals surface area contributed by atoms with E-state index in [-0.39, 0.29) is 5.91 Å². The van der Waals surface area contributed by atoms with Crippen LogP contribution in [0.25, 0.3) is 0 Å². The lowest BCUT2D eigenvalue weighted by Gasteiger charge is -2.35. The molecule has 3 unspecified atom stereocenters. The summed E-state index contributed by atoms with van der Waals surface area (Å²) in [6.45, 7) is 0.768. The van der Waals surface area contributed by atoms with Gasteiger partial charge in [0, 0.05) is 11.4 Å². The second kappa shape index (κ2) is 4.10. The molecule has 0 saturated heterocycles. The molecule has 2 aliphatic rings. The SMILES string of the molecule is NC(=O)C1(NCc2cccs2)CC2CCC1C2. The van der Waals surface area contributed by atoms with Gasteiger partial charge in [-0.05, 0) is 42.5 Å². The van der Waals surface area contributed by atoms with Crippen molar-refractivity contribution in [2.75, 3.05) is 0 Å². The van der Waals surface area contributed by atoms with Crippen molar-refractivity contribution in [3.8, 4) is 0 Å². The first-order valence-corrected chi connectivity index (χ1v) is 7.16. The minimum Gasteiger partial charge on any atom is -0.368 e. The largest absolute Gasteiger partial charge is 0.368 e. The number of nitrogens with two attached hydrogens (primary N) is 1. The number of carbonyl (C=O) groups is 1. The normalized spacial score (nSPS) is 35.3. The molecule has 2 fully saturated rings. The summed E-state index contributed by atoms with van der Waals surface area (Å²) in [4.78, 5) is 13.1. The Bertz CT molecular complexity index is 417. The number of amides is 1. The van der Waals surface area contributed by atoms with Crippen molar-refractivity contribution in [1.82, 2.24) is 5.32 Å². The van der Waals surface area contributed by atoms with E-state index in [9.17, 15) is 4.79 Å². The highest BCUT2D eigenvalue weighted by Crippen LogP contribution is 2.50. The van der Waals surface area contributed by atoms with E-state index in [4.69, 9.17) is 5.73 Å². The Morgan fingerprint density at radius 1 is 1.59 bits per heavy atom. The number of rotatable bonds is 4. The van der Waals surface area contributed by atoms with Gasteiger partial charge in [-0.15, -0.1) is 11.3 Å². The van der Waals surface area contributed by atoms with Crippen LogP contribution in [0.4, 0.5) is 0 Å². The highest BCUT2D eigenvalue weighted by Gasteiger charge is 2.54. The van der Waals surface area contributed by atoms with Gasteiger partial charge in [-0.3, -0.25) is 10.1 Å². The van der Waals surface area contributed by atoms with E-state index in [1.165, 1.54) is 17.7 Å². The highest BCUT2D eigenvalue weighted by molar-refractivity contribution is 7.09. The minimum atomic E-state index is -0.424. The van der Waals surface area contributed by atoms with E-state index in [2.05, 4.69) is 16.8 Å². The average molecular weight is 250 g/mol. The third kappa shape index (κ3) is 1.79. The second-order valence-electron chi connectivity index (χ2n) is 5.35. The van der Waals surface area contributed by atoms with Crippen molar-refractivity contribution in [3.05, 3.63) is 22.4 Å². The lowest BCUT2D eigenvalue weighted by atomic mass is 9.80. The Kier molecular flexibility index (Phi) is 2.71. The van der Waals surface area contributed by atoms with Crippen LogP contribution in [0.1, 0.15) is 30.6 Å². The fourth-order valence-corrected chi connectivity index (χ4v) is 4.24. The number of hydrogen-bond donors (Lipinski definition) is 2. The summed E-state index contributed by atoms with van der Waals surface area (Å²) in [7, 11) is 0. The van der Waals surface area contributed by atoms with Crippen LogP contribution in [0.5, 0.6) is 0 Å². The van der Waals surface area contributed by atoms with Crippen molar-refractivity contribution in [3.63, 3.8) is 0 Å². The minimum absolute atomic E-state index is 0.152. The van der Waals surface area contributed by atoms with Crippen LogP contribution < -0.4 is 11.1 Å². The first-order valence-electron chi connectivity index (χ1n) is 6.28. The van der Waals surface area contributed by atoms with Gasteiger partial charge >= 0.3 is 0 Å². The highest BCUT2D eigenvalue weighted by atomic mass is 32.1. The van der Waals surface area contributed by atoms with Gasteiger partial charge in [0.15, 0.2) is 0 Å². The quantitative estimate of drug-likeness (QED) is 0.857. The summed E-state index contributed by atoms with van der Waals surface area (Å²) in [6, 6.07) is 4.14. The van der Waals surface area contributed by atoms with Crippen molar-refractivity contribution in [2.24, 2.45) is 17.6 Å². The molecule has 3 rings (SSSR count). The van der Waals surface area contributed by atoms with Gasteiger partial charge in [0.05, 0.1) is 0 Å². The van der Waals surface area contributed by atoms with Gasteiger partial charge in [-0.25, -0.2) is 0 Å². The Labute approximate surface area is 105 Å². The zero-order chi connectivity index (χ0) is 11.9. The molecule has 1 aromatic rings. The number of thiophene rings is 1. The van der Waals surface area contributed by atoms with Crippen molar-refractivity contribution >= 4 is 17.2 Å². The third-order valence-corrected chi connectivity index (χ3v) is 5.32. The maximum Gasteiger partial charge on any atom is 0.238 e. The fourth-order valence-electron chi connectivity index (χ4n) is 3.59. The number of nitrogens with one attached hydrogen (secondary N) is 1. The molecule has 3 atom stereocenters. The van der Waals surface area contributed by atoms with E-state index in [0.717, 1.165) is 19.4 Å². The Morgan fingerprint density at radius 3 is 3.00 bits per heavy atom. The molecule has 1 heterocycles. The van der Waals surface area contributed by atoms with Crippen LogP contribution in [-0.2, 0) is 11.3 Å². The van der Waals surface area contributed by atoms with Gasteiger partial charge in [0.1, 0.15) is 5.54 Å². The molecule has 17 heavy (non-hydrogen) atoms. The zero-order valence-corrected chi connectivity index (χ0v) is 10.6. The molecule has 0 spiro atoms. The van der Waals surface area contributed by atoms with Crippen LogP contribution in [-0.4, -0.2) is 11.4 Å². The van der Waals surface area contributed by atoms with Gasteiger partial charge in [-0.1, -0.05) is 12.5 Å². The average Bonchev–Trinajstić information content (AvgIpc) is 3.02. The summed E-state index contributed by atoms with van der Waals surface area (Å²) in [5.74, 6) is 1.02. The molecular weight excluding hydrogens is 232 g/mol. The van der Waals surface area contributed by atoms with E-state index in [1.54, 1.807) is 11.3 Å². The smallest absolute Gasteiger partial charge is 0.238 e.